The Bertz CT molecular complexity index is 1320. The van der Waals surface area contributed by atoms with Crippen molar-refractivity contribution >= 4 is 23.3 Å². The summed E-state index contributed by atoms with van der Waals surface area (Å²) in [6.45, 7) is 0. The lowest BCUT2D eigenvalue weighted by Gasteiger charge is -2.26. The average Bonchev–Trinajstić information content (AvgIpc) is 3.23. The van der Waals surface area contributed by atoms with Crippen molar-refractivity contribution in [3.63, 3.8) is 0 Å². The summed E-state index contributed by atoms with van der Waals surface area (Å²) in [6.07, 6.45) is 0.275. The molecule has 2 heterocycles. The van der Waals surface area contributed by atoms with Gasteiger partial charge in [0.2, 0.25) is 5.91 Å². The lowest BCUT2D eigenvalue weighted by atomic mass is 9.84. The summed E-state index contributed by atoms with van der Waals surface area (Å²) in [5.74, 6) is 1.68. The fraction of sp³-hybridized carbons (Fsp3) is 0.154. The van der Waals surface area contributed by atoms with E-state index in [4.69, 9.17) is 26.2 Å². The van der Waals surface area contributed by atoms with Gasteiger partial charge >= 0.3 is 0 Å². The van der Waals surface area contributed by atoms with Crippen LogP contribution in [0.1, 0.15) is 23.5 Å². The zero-order valence-electron chi connectivity index (χ0n) is 18.2. The monoisotopic (exact) mass is 459 g/mol. The van der Waals surface area contributed by atoms with Crippen LogP contribution in [0.2, 0.25) is 5.02 Å². The smallest absolute Gasteiger partial charge is 0.226 e. The van der Waals surface area contributed by atoms with Gasteiger partial charge in [0.05, 0.1) is 25.6 Å². The van der Waals surface area contributed by atoms with Crippen LogP contribution in [0, 0.1) is 0 Å². The van der Waals surface area contributed by atoms with Gasteiger partial charge in [-0.2, -0.15) is 5.10 Å². The summed E-state index contributed by atoms with van der Waals surface area (Å²) in [5.41, 5.74) is 4.39. The van der Waals surface area contributed by atoms with Crippen molar-refractivity contribution in [3.05, 3.63) is 88.9 Å². The molecule has 1 aliphatic rings. The van der Waals surface area contributed by atoms with Gasteiger partial charge in [-0.15, -0.1) is 0 Å². The van der Waals surface area contributed by atoms with Gasteiger partial charge in [-0.05, 0) is 30.3 Å². The predicted octanol–water partition coefficient (Wildman–Crippen LogP) is 5.68. The van der Waals surface area contributed by atoms with Crippen LogP contribution in [-0.2, 0) is 4.79 Å². The minimum absolute atomic E-state index is 0.0786. The highest BCUT2D eigenvalue weighted by molar-refractivity contribution is 6.30. The van der Waals surface area contributed by atoms with E-state index in [-0.39, 0.29) is 18.2 Å². The van der Waals surface area contributed by atoms with Crippen molar-refractivity contribution in [2.75, 3.05) is 19.5 Å². The fourth-order valence-corrected chi connectivity index (χ4v) is 4.43. The summed E-state index contributed by atoms with van der Waals surface area (Å²) < 4.78 is 12.8. The molecule has 7 heteroatoms. The largest absolute Gasteiger partial charge is 0.497 e. The Morgan fingerprint density at radius 2 is 1.76 bits per heavy atom. The molecule has 0 aliphatic carbocycles. The molecule has 1 aliphatic heterocycles. The van der Waals surface area contributed by atoms with E-state index in [1.165, 1.54) is 0 Å². The molecule has 0 saturated heterocycles. The number of benzene rings is 3. The minimum atomic E-state index is -0.252. The number of fused-ring (bicyclic) bond motifs is 1. The number of anilines is 1. The van der Waals surface area contributed by atoms with Crippen molar-refractivity contribution in [2.45, 2.75) is 12.3 Å². The van der Waals surface area contributed by atoms with Crippen molar-refractivity contribution < 1.29 is 14.3 Å². The number of hydrogen-bond donors (Lipinski definition) is 1. The Morgan fingerprint density at radius 3 is 2.45 bits per heavy atom. The summed E-state index contributed by atoms with van der Waals surface area (Å²) in [6, 6.07) is 23.0. The van der Waals surface area contributed by atoms with Crippen molar-refractivity contribution in [3.8, 4) is 28.4 Å². The number of carbonyl (C=O) groups excluding carboxylic acids is 1. The first-order chi connectivity index (χ1) is 16.1. The summed E-state index contributed by atoms with van der Waals surface area (Å²) in [4.78, 5) is 12.9. The van der Waals surface area contributed by atoms with Gasteiger partial charge in [0.15, 0.2) is 0 Å². The Morgan fingerprint density at radius 1 is 1.00 bits per heavy atom. The maximum Gasteiger partial charge on any atom is 0.226 e. The lowest BCUT2D eigenvalue weighted by Crippen LogP contribution is -2.25. The van der Waals surface area contributed by atoms with Crippen LogP contribution < -0.4 is 14.8 Å². The van der Waals surface area contributed by atoms with E-state index >= 15 is 0 Å². The zero-order chi connectivity index (χ0) is 22.9. The molecule has 1 aromatic heterocycles. The number of amides is 1. The zero-order valence-corrected chi connectivity index (χ0v) is 19.0. The molecule has 1 unspecified atom stereocenters. The third kappa shape index (κ3) is 3.83. The average molecular weight is 460 g/mol. The third-order valence-electron chi connectivity index (χ3n) is 5.85. The van der Waals surface area contributed by atoms with Gasteiger partial charge in [-0.25, -0.2) is 4.68 Å². The number of methoxy groups -OCH3 is 2. The molecule has 0 bridgehead atoms. The van der Waals surface area contributed by atoms with Crippen molar-refractivity contribution in [1.29, 1.82) is 0 Å². The van der Waals surface area contributed by atoms with Gasteiger partial charge < -0.3 is 14.8 Å². The first kappa shape index (κ1) is 21.1. The Labute approximate surface area is 196 Å². The number of nitrogens with zero attached hydrogens (tertiary/aromatic N) is 2. The molecule has 0 saturated carbocycles. The van der Waals surface area contributed by atoms with Gasteiger partial charge in [0.1, 0.15) is 17.3 Å². The maximum absolute atomic E-state index is 12.9. The maximum atomic E-state index is 12.9. The second-order valence-electron chi connectivity index (χ2n) is 7.78. The highest BCUT2D eigenvalue weighted by Gasteiger charge is 2.35. The van der Waals surface area contributed by atoms with Gasteiger partial charge in [0, 0.05) is 40.1 Å². The molecule has 1 atom stereocenters. The van der Waals surface area contributed by atoms with E-state index in [0.717, 1.165) is 28.1 Å². The molecule has 4 aromatic rings. The molecule has 5 rings (SSSR count). The minimum Gasteiger partial charge on any atom is -0.497 e. The first-order valence-corrected chi connectivity index (χ1v) is 10.9. The van der Waals surface area contributed by atoms with E-state index in [1.54, 1.807) is 18.9 Å². The van der Waals surface area contributed by atoms with Crippen LogP contribution in [0.4, 0.5) is 5.82 Å². The van der Waals surface area contributed by atoms with Crippen molar-refractivity contribution in [1.82, 2.24) is 9.78 Å². The molecule has 0 radical (unpaired) electrons. The van der Waals surface area contributed by atoms with Gasteiger partial charge in [0.25, 0.3) is 0 Å². The highest BCUT2D eigenvalue weighted by atomic mass is 35.5. The van der Waals surface area contributed by atoms with Crippen LogP contribution in [0.3, 0.4) is 0 Å². The Kier molecular flexibility index (Phi) is 5.52. The molecule has 1 N–H and O–H groups in total. The van der Waals surface area contributed by atoms with Gasteiger partial charge in [-0.3, -0.25) is 4.79 Å². The number of aromatic nitrogens is 2. The number of rotatable bonds is 5. The van der Waals surface area contributed by atoms with Crippen LogP contribution >= 0.6 is 11.6 Å². The van der Waals surface area contributed by atoms with E-state index in [1.807, 2.05) is 72.8 Å². The number of halogens is 1. The number of para-hydroxylation sites is 1. The Balaban J connectivity index is 1.77. The van der Waals surface area contributed by atoms with E-state index in [9.17, 15) is 4.79 Å². The number of carbonyl (C=O) groups is 1. The predicted molar refractivity (Wildman–Crippen MR) is 129 cm³/mol. The second kappa shape index (κ2) is 8.64. The fourth-order valence-electron chi connectivity index (χ4n) is 4.30. The molecule has 6 nitrogen and oxygen atoms in total. The lowest BCUT2D eigenvalue weighted by molar-refractivity contribution is -0.116. The topological polar surface area (TPSA) is 65.4 Å². The van der Waals surface area contributed by atoms with Crippen LogP contribution in [0.5, 0.6) is 11.5 Å². The molecular weight excluding hydrogens is 438 g/mol. The number of hydrogen-bond acceptors (Lipinski definition) is 4. The van der Waals surface area contributed by atoms with E-state index < -0.39 is 0 Å². The van der Waals surface area contributed by atoms with Crippen molar-refractivity contribution in [2.24, 2.45) is 0 Å². The molecule has 3 aromatic carbocycles. The molecule has 166 valence electrons. The van der Waals surface area contributed by atoms with Gasteiger partial charge in [-0.1, -0.05) is 48.0 Å². The summed E-state index contributed by atoms with van der Waals surface area (Å²) in [5, 5.41) is 8.66. The van der Waals surface area contributed by atoms with Crippen LogP contribution in [0.15, 0.2) is 72.8 Å². The molecule has 33 heavy (non-hydrogen) atoms. The molecule has 0 spiro atoms. The normalized spacial score (nSPS) is 15.0. The summed E-state index contributed by atoms with van der Waals surface area (Å²) in [7, 11) is 3.23. The highest BCUT2D eigenvalue weighted by Crippen LogP contribution is 2.46. The molecular formula is C26H22ClN3O3. The number of ether oxygens (including phenoxy) is 2. The van der Waals surface area contributed by atoms with Crippen LogP contribution in [-0.4, -0.2) is 29.9 Å². The SMILES string of the molecule is COc1ccc(C2CC(=O)Nc3c2c(-c2ccc(Cl)cc2)nn3-c2ccccc2)c(OC)c1. The third-order valence-corrected chi connectivity index (χ3v) is 6.10. The Hall–Kier alpha value is -3.77. The van der Waals surface area contributed by atoms with E-state index in [2.05, 4.69) is 5.32 Å². The standard InChI is InChI=1S/C26H22ClN3O3/c1-32-19-12-13-20(22(14-19)33-2)21-15-23(31)28-26-24(21)25(16-8-10-17(27)11-9-16)29-30(26)18-6-4-3-5-7-18/h3-14,21H,15H2,1-2H3,(H,28,31). The first-order valence-electron chi connectivity index (χ1n) is 10.5. The van der Waals surface area contributed by atoms with Crippen LogP contribution in [0.25, 0.3) is 16.9 Å². The second-order valence-corrected chi connectivity index (χ2v) is 8.21. The quantitative estimate of drug-likeness (QED) is 0.416. The molecule has 0 fully saturated rings. The molecule has 1 amide bonds. The van der Waals surface area contributed by atoms with E-state index in [0.29, 0.717) is 22.3 Å². The number of nitrogens with one attached hydrogen (secondary N) is 1. The summed E-state index contributed by atoms with van der Waals surface area (Å²) >= 11 is 6.14.